The van der Waals surface area contributed by atoms with Gasteiger partial charge in [0.15, 0.2) is 17.6 Å². The van der Waals surface area contributed by atoms with Gasteiger partial charge in [-0.05, 0) is 76.9 Å². The third kappa shape index (κ3) is 5.47. The normalized spacial score (nSPS) is 12.2. The smallest absolute Gasteiger partial charge is 0.346 e. The van der Waals surface area contributed by atoms with Crippen molar-refractivity contribution in [2.24, 2.45) is 5.10 Å². The monoisotopic (exact) mass is 643 g/mol. The summed E-state index contributed by atoms with van der Waals surface area (Å²) in [5.74, 6) is 0.660. The van der Waals surface area contributed by atoms with E-state index >= 15 is 0 Å². The summed E-state index contributed by atoms with van der Waals surface area (Å²) >= 11 is 10.4. The van der Waals surface area contributed by atoms with Crippen LogP contribution in [0.2, 0.25) is 0 Å². The fourth-order valence-corrected chi connectivity index (χ4v) is 4.25. The molecule has 0 amide bonds. The number of aryl methyl sites for hydroxylation is 1. The largest absolute Gasteiger partial charge is 0.490 e. The Morgan fingerprint density at radius 2 is 1.97 bits per heavy atom. The van der Waals surface area contributed by atoms with E-state index in [1.54, 1.807) is 32.0 Å². The highest BCUT2D eigenvalue weighted by molar-refractivity contribution is 9.13. The van der Waals surface area contributed by atoms with Gasteiger partial charge in [0.1, 0.15) is 5.82 Å². The Morgan fingerprint density at radius 3 is 2.64 bits per heavy atom. The molecule has 11 heteroatoms. The van der Waals surface area contributed by atoms with Crippen molar-refractivity contribution in [3.63, 3.8) is 0 Å². The number of methoxy groups -OCH3 is 1. The van der Waals surface area contributed by atoms with Crippen molar-refractivity contribution in [2.75, 3.05) is 13.7 Å². The van der Waals surface area contributed by atoms with E-state index in [1.165, 1.54) is 18.0 Å². The standard InChI is InChI=1S/C22H20Br3N3O5/c1-5-32-17-8-13(18(24)19(25)20(17)33-11(2)22(30)31-4)10-26-28-12(3)27-16-7-6-14(23)9-15(16)21(28)29/h6-11H,5H2,1-4H3/t11-/m1/s1. The second kappa shape index (κ2) is 10.8. The van der Waals surface area contributed by atoms with Gasteiger partial charge in [-0.2, -0.15) is 9.78 Å². The van der Waals surface area contributed by atoms with Gasteiger partial charge in [-0.3, -0.25) is 4.79 Å². The average Bonchev–Trinajstić information content (AvgIpc) is 2.79. The Bertz CT molecular complexity index is 1310. The minimum absolute atomic E-state index is 0.290. The predicted octanol–water partition coefficient (Wildman–Crippen LogP) is 5.21. The van der Waals surface area contributed by atoms with Crippen LogP contribution in [0.5, 0.6) is 11.5 Å². The van der Waals surface area contributed by atoms with Gasteiger partial charge in [0.2, 0.25) is 0 Å². The summed E-state index contributed by atoms with van der Waals surface area (Å²) in [4.78, 5) is 29.3. The van der Waals surface area contributed by atoms with Gasteiger partial charge in [0.25, 0.3) is 5.56 Å². The molecule has 8 nitrogen and oxygen atoms in total. The molecule has 1 atom stereocenters. The quantitative estimate of drug-likeness (QED) is 0.259. The number of carbonyl (C=O) groups is 1. The highest BCUT2D eigenvalue weighted by Gasteiger charge is 2.22. The van der Waals surface area contributed by atoms with Crippen LogP contribution in [0.25, 0.3) is 10.9 Å². The van der Waals surface area contributed by atoms with E-state index in [2.05, 4.69) is 57.9 Å². The molecule has 0 radical (unpaired) electrons. The summed E-state index contributed by atoms with van der Waals surface area (Å²) in [7, 11) is 1.29. The molecule has 174 valence electrons. The first-order chi connectivity index (χ1) is 15.7. The number of aromatic nitrogens is 2. The van der Waals surface area contributed by atoms with E-state index in [0.717, 1.165) is 4.47 Å². The van der Waals surface area contributed by atoms with Crippen molar-refractivity contribution in [2.45, 2.75) is 26.9 Å². The maximum absolute atomic E-state index is 13.0. The lowest BCUT2D eigenvalue weighted by Crippen LogP contribution is -2.25. The molecule has 0 saturated heterocycles. The number of nitrogens with zero attached hydrogens (tertiary/aromatic N) is 3. The minimum Gasteiger partial charge on any atom is -0.490 e. The summed E-state index contributed by atoms with van der Waals surface area (Å²) in [5.41, 5.74) is 0.919. The van der Waals surface area contributed by atoms with Crippen LogP contribution < -0.4 is 15.0 Å². The Hall–Kier alpha value is -2.24. The summed E-state index contributed by atoms with van der Waals surface area (Å²) in [6, 6.07) is 7.02. The van der Waals surface area contributed by atoms with Crippen LogP contribution in [0.3, 0.4) is 0 Å². The second-order valence-corrected chi connectivity index (χ2v) is 9.32. The lowest BCUT2D eigenvalue weighted by Gasteiger charge is -2.19. The third-order valence-electron chi connectivity index (χ3n) is 4.57. The van der Waals surface area contributed by atoms with Crippen LogP contribution in [-0.4, -0.2) is 41.7 Å². The first kappa shape index (κ1) is 25.4. The van der Waals surface area contributed by atoms with Crippen LogP contribution in [0, 0.1) is 6.92 Å². The molecular weight excluding hydrogens is 626 g/mol. The van der Waals surface area contributed by atoms with Crippen LogP contribution in [0.1, 0.15) is 25.2 Å². The highest BCUT2D eigenvalue weighted by Crippen LogP contribution is 2.43. The fraction of sp³-hybridized carbons (Fsp3) is 0.273. The van der Waals surface area contributed by atoms with Gasteiger partial charge < -0.3 is 14.2 Å². The van der Waals surface area contributed by atoms with Gasteiger partial charge >= 0.3 is 5.97 Å². The number of hydrogen-bond acceptors (Lipinski definition) is 7. The molecule has 1 aromatic heterocycles. The van der Waals surface area contributed by atoms with Crippen LogP contribution in [-0.2, 0) is 9.53 Å². The van der Waals surface area contributed by atoms with Gasteiger partial charge in [-0.15, -0.1) is 0 Å². The summed E-state index contributed by atoms with van der Waals surface area (Å²) in [6.45, 7) is 5.49. The molecule has 3 rings (SSSR count). The summed E-state index contributed by atoms with van der Waals surface area (Å²) in [5, 5.41) is 4.82. The van der Waals surface area contributed by atoms with Gasteiger partial charge in [-0.25, -0.2) is 9.78 Å². The average molecular weight is 646 g/mol. The molecule has 0 bridgehead atoms. The number of esters is 1. The van der Waals surface area contributed by atoms with E-state index in [9.17, 15) is 9.59 Å². The second-order valence-electron chi connectivity index (χ2n) is 6.82. The van der Waals surface area contributed by atoms with Gasteiger partial charge in [-0.1, -0.05) is 15.9 Å². The summed E-state index contributed by atoms with van der Waals surface area (Å²) in [6.07, 6.45) is 0.672. The Kier molecular flexibility index (Phi) is 8.30. The predicted molar refractivity (Wildman–Crippen MR) is 137 cm³/mol. The molecule has 2 aromatic carbocycles. The molecule has 0 unspecified atom stereocenters. The zero-order valence-corrected chi connectivity index (χ0v) is 22.9. The number of halogens is 3. The molecule has 3 aromatic rings. The first-order valence-electron chi connectivity index (χ1n) is 9.80. The maximum Gasteiger partial charge on any atom is 0.346 e. The molecule has 0 fully saturated rings. The molecule has 0 spiro atoms. The third-order valence-corrected chi connectivity index (χ3v) is 7.20. The number of rotatable bonds is 7. The summed E-state index contributed by atoms with van der Waals surface area (Å²) < 4.78 is 19.4. The SMILES string of the molecule is CCOc1cc(C=Nn2c(C)nc3ccc(Br)cc3c2=O)c(Br)c(Br)c1O[C@H](C)C(=O)OC. The number of fused-ring (bicyclic) bond motifs is 1. The zero-order valence-electron chi connectivity index (χ0n) is 18.2. The van der Waals surface area contributed by atoms with Crippen molar-refractivity contribution < 1.29 is 19.0 Å². The van der Waals surface area contributed by atoms with E-state index in [4.69, 9.17) is 14.2 Å². The lowest BCUT2D eigenvalue weighted by molar-refractivity contribution is -0.148. The topological polar surface area (TPSA) is 92.0 Å². The van der Waals surface area contributed by atoms with E-state index in [-0.39, 0.29) is 5.56 Å². The van der Waals surface area contributed by atoms with Crippen molar-refractivity contribution in [1.29, 1.82) is 0 Å². The molecule has 33 heavy (non-hydrogen) atoms. The Morgan fingerprint density at radius 1 is 1.24 bits per heavy atom. The van der Waals surface area contributed by atoms with Crippen molar-refractivity contribution in [3.8, 4) is 11.5 Å². The zero-order chi connectivity index (χ0) is 24.3. The van der Waals surface area contributed by atoms with Gasteiger partial charge in [0, 0.05) is 14.5 Å². The van der Waals surface area contributed by atoms with E-state index in [1.807, 2.05) is 13.0 Å². The van der Waals surface area contributed by atoms with Crippen LogP contribution in [0.15, 0.2) is 47.6 Å². The molecule has 0 aliphatic rings. The number of carbonyl (C=O) groups excluding carboxylic acids is 1. The van der Waals surface area contributed by atoms with E-state index < -0.39 is 12.1 Å². The number of benzene rings is 2. The van der Waals surface area contributed by atoms with Crippen molar-refractivity contribution in [1.82, 2.24) is 9.66 Å². The Balaban J connectivity index is 2.07. The maximum atomic E-state index is 13.0. The van der Waals surface area contributed by atoms with E-state index in [0.29, 0.717) is 49.3 Å². The van der Waals surface area contributed by atoms with Crippen molar-refractivity contribution >= 4 is 70.9 Å². The van der Waals surface area contributed by atoms with Crippen molar-refractivity contribution in [3.05, 3.63) is 59.4 Å². The van der Waals surface area contributed by atoms with Crippen LogP contribution >= 0.6 is 47.8 Å². The Labute approximate surface area is 215 Å². The molecule has 1 heterocycles. The molecule has 0 aliphatic carbocycles. The molecule has 0 N–H and O–H groups in total. The number of ether oxygens (including phenoxy) is 3. The molecule has 0 aliphatic heterocycles. The minimum atomic E-state index is -0.846. The highest BCUT2D eigenvalue weighted by atomic mass is 79.9. The molecule has 0 saturated carbocycles. The number of hydrogen-bond donors (Lipinski definition) is 0. The van der Waals surface area contributed by atoms with Gasteiger partial charge in [0.05, 0.1) is 35.3 Å². The fourth-order valence-electron chi connectivity index (χ4n) is 2.98. The lowest BCUT2D eigenvalue weighted by atomic mass is 10.2. The molecular formula is C22H20Br3N3O5. The van der Waals surface area contributed by atoms with Crippen LogP contribution in [0.4, 0.5) is 0 Å². The first-order valence-corrected chi connectivity index (χ1v) is 12.2.